The van der Waals surface area contributed by atoms with Crippen molar-refractivity contribution in [2.24, 2.45) is 0 Å². The maximum Gasteiger partial charge on any atom is 0.255 e. The number of piperazine rings is 1. The summed E-state index contributed by atoms with van der Waals surface area (Å²) >= 11 is 0. The van der Waals surface area contributed by atoms with E-state index in [1.165, 1.54) is 5.69 Å². The minimum absolute atomic E-state index is 0.153. The van der Waals surface area contributed by atoms with Gasteiger partial charge in [-0.2, -0.15) is 0 Å². The number of anilines is 4. The van der Waals surface area contributed by atoms with Crippen LogP contribution in [-0.4, -0.2) is 52.9 Å². The fourth-order valence-electron chi connectivity index (χ4n) is 6.15. The summed E-state index contributed by atoms with van der Waals surface area (Å²) in [6, 6.07) is 32.5. The summed E-state index contributed by atoms with van der Waals surface area (Å²) in [6.07, 6.45) is 1.70. The minimum Gasteiger partial charge on any atom is -0.369 e. The van der Waals surface area contributed by atoms with Crippen LogP contribution < -0.4 is 20.9 Å². The Labute approximate surface area is 268 Å². The second-order valence-electron chi connectivity index (χ2n) is 11.6. The molecule has 3 heterocycles. The van der Waals surface area contributed by atoms with E-state index in [2.05, 4.69) is 61.2 Å². The van der Waals surface area contributed by atoms with E-state index >= 15 is 0 Å². The lowest BCUT2D eigenvalue weighted by Gasteiger charge is -2.29. The van der Waals surface area contributed by atoms with Crippen molar-refractivity contribution < 1.29 is 9.59 Å². The van der Waals surface area contributed by atoms with Crippen molar-refractivity contribution >= 4 is 34.7 Å². The number of carbonyl (C=O) groups is 2. The highest BCUT2D eigenvalue weighted by atomic mass is 16.2. The van der Waals surface area contributed by atoms with Gasteiger partial charge < -0.3 is 25.8 Å². The Balaban J connectivity index is 1.09. The first-order valence-electron chi connectivity index (χ1n) is 15.5. The first-order chi connectivity index (χ1) is 22.5. The van der Waals surface area contributed by atoms with Crippen LogP contribution in [0.3, 0.4) is 0 Å². The van der Waals surface area contributed by atoms with E-state index < -0.39 is 6.04 Å². The van der Waals surface area contributed by atoms with Gasteiger partial charge in [-0.25, -0.2) is 9.97 Å². The standard InChI is InChI=1S/C37H35N7O2/c1-25-39-18-17-34(40-25)41-30-10-12-31(13-11-30)42-36(45)35(27-5-3-2-4-6-27)44-24-29-23-28(9-16-33(29)37(44)46)26-7-14-32(15-8-26)43-21-19-38-20-22-43/h2-18,23,35,38H,19-22,24H2,1H3,(H,42,45)(H,39,40,41). The van der Waals surface area contributed by atoms with Crippen molar-refractivity contribution in [3.63, 3.8) is 0 Å². The molecule has 230 valence electrons. The molecule has 0 spiro atoms. The third kappa shape index (κ3) is 6.18. The van der Waals surface area contributed by atoms with Crippen LogP contribution in [-0.2, 0) is 11.3 Å². The zero-order chi connectivity index (χ0) is 31.5. The Hall–Kier alpha value is -5.54. The smallest absolute Gasteiger partial charge is 0.255 e. The summed E-state index contributed by atoms with van der Waals surface area (Å²) in [5.41, 5.74) is 7.12. The fourth-order valence-corrected chi connectivity index (χ4v) is 6.15. The molecule has 9 nitrogen and oxygen atoms in total. The number of nitrogens with one attached hydrogen (secondary N) is 3. The van der Waals surface area contributed by atoms with Crippen molar-refractivity contribution in [2.75, 3.05) is 41.7 Å². The van der Waals surface area contributed by atoms with Crippen LogP contribution in [0.5, 0.6) is 0 Å². The number of amides is 2. The molecule has 5 aromatic rings. The van der Waals surface area contributed by atoms with Crippen molar-refractivity contribution in [1.82, 2.24) is 20.2 Å². The number of aryl methyl sites for hydroxylation is 1. The molecular formula is C37H35N7O2. The molecule has 4 aromatic carbocycles. The number of hydrogen-bond acceptors (Lipinski definition) is 7. The van der Waals surface area contributed by atoms with Crippen molar-refractivity contribution in [2.45, 2.75) is 19.5 Å². The second kappa shape index (κ2) is 12.8. The maximum absolute atomic E-state index is 13.9. The lowest BCUT2D eigenvalue weighted by Crippen LogP contribution is -2.43. The lowest BCUT2D eigenvalue weighted by molar-refractivity contribution is -0.120. The molecule has 1 saturated heterocycles. The zero-order valence-electron chi connectivity index (χ0n) is 25.6. The van der Waals surface area contributed by atoms with E-state index in [0.29, 0.717) is 29.4 Å². The number of hydrogen-bond donors (Lipinski definition) is 3. The van der Waals surface area contributed by atoms with Crippen LogP contribution in [0.4, 0.5) is 22.9 Å². The zero-order valence-corrected chi connectivity index (χ0v) is 25.6. The van der Waals surface area contributed by atoms with Gasteiger partial charge in [0.2, 0.25) is 0 Å². The van der Waals surface area contributed by atoms with Crippen LogP contribution in [0.2, 0.25) is 0 Å². The summed E-state index contributed by atoms with van der Waals surface area (Å²) in [5, 5.41) is 9.68. The van der Waals surface area contributed by atoms with Gasteiger partial charge in [0.1, 0.15) is 17.7 Å². The fraction of sp³-hybridized carbons (Fsp3) is 0.189. The van der Waals surface area contributed by atoms with Crippen molar-refractivity contribution in [1.29, 1.82) is 0 Å². The highest BCUT2D eigenvalue weighted by Gasteiger charge is 2.37. The van der Waals surface area contributed by atoms with Gasteiger partial charge in [0.05, 0.1) is 0 Å². The number of aromatic nitrogens is 2. The summed E-state index contributed by atoms with van der Waals surface area (Å²) in [6.45, 7) is 6.16. The highest BCUT2D eigenvalue weighted by molar-refractivity contribution is 6.04. The second-order valence-corrected chi connectivity index (χ2v) is 11.6. The molecule has 9 heteroatoms. The van der Waals surface area contributed by atoms with Crippen molar-refractivity contribution in [3.8, 4) is 11.1 Å². The number of carbonyl (C=O) groups excluding carboxylic acids is 2. The normalized spacial score (nSPS) is 14.9. The summed E-state index contributed by atoms with van der Waals surface area (Å²) in [5.74, 6) is 0.939. The summed E-state index contributed by atoms with van der Waals surface area (Å²) in [4.78, 5) is 40.3. The predicted octanol–water partition coefficient (Wildman–Crippen LogP) is 5.94. The summed E-state index contributed by atoms with van der Waals surface area (Å²) in [7, 11) is 0. The van der Waals surface area contributed by atoms with Crippen LogP contribution in [0, 0.1) is 6.92 Å². The minimum atomic E-state index is -0.801. The topological polar surface area (TPSA) is 102 Å². The molecule has 2 aliphatic heterocycles. The van der Waals surface area contributed by atoms with Gasteiger partial charge in [-0.3, -0.25) is 9.59 Å². The molecule has 2 amide bonds. The molecule has 46 heavy (non-hydrogen) atoms. The van der Waals surface area contributed by atoms with E-state index in [-0.39, 0.29) is 11.8 Å². The third-order valence-corrected chi connectivity index (χ3v) is 8.50. The van der Waals surface area contributed by atoms with Gasteiger partial charge >= 0.3 is 0 Å². The average Bonchev–Trinajstić information content (AvgIpc) is 3.41. The number of fused-ring (bicyclic) bond motifs is 1. The molecule has 1 atom stereocenters. The van der Waals surface area contributed by atoms with Crippen LogP contribution >= 0.6 is 0 Å². The van der Waals surface area contributed by atoms with Crippen LogP contribution in [0.25, 0.3) is 11.1 Å². The Bertz CT molecular complexity index is 1850. The largest absolute Gasteiger partial charge is 0.369 e. The molecule has 1 unspecified atom stereocenters. The van der Waals surface area contributed by atoms with Gasteiger partial charge in [-0.1, -0.05) is 48.5 Å². The van der Waals surface area contributed by atoms with Gasteiger partial charge in [-0.05, 0) is 83.8 Å². The maximum atomic E-state index is 13.9. The van der Waals surface area contributed by atoms with Gasteiger partial charge in [-0.15, -0.1) is 0 Å². The molecule has 2 aliphatic rings. The Morgan fingerprint density at radius 3 is 2.30 bits per heavy atom. The monoisotopic (exact) mass is 609 g/mol. The van der Waals surface area contributed by atoms with Gasteiger partial charge in [0, 0.05) is 61.5 Å². The molecule has 7 rings (SSSR count). The Morgan fingerprint density at radius 1 is 0.848 bits per heavy atom. The molecule has 3 N–H and O–H groups in total. The van der Waals surface area contributed by atoms with E-state index in [1.807, 2.05) is 73.7 Å². The third-order valence-electron chi connectivity index (χ3n) is 8.50. The van der Waals surface area contributed by atoms with Crippen LogP contribution in [0.1, 0.15) is 33.4 Å². The Morgan fingerprint density at radius 2 is 1.57 bits per heavy atom. The summed E-state index contributed by atoms with van der Waals surface area (Å²) < 4.78 is 0. The molecule has 1 fully saturated rings. The van der Waals surface area contributed by atoms with E-state index in [0.717, 1.165) is 54.1 Å². The SMILES string of the molecule is Cc1nccc(Nc2ccc(NC(=O)C(c3ccccc3)N3Cc4cc(-c5ccc(N6CCNCC6)cc5)ccc4C3=O)cc2)n1. The van der Waals surface area contributed by atoms with E-state index in [1.54, 1.807) is 17.2 Å². The molecule has 0 saturated carbocycles. The highest BCUT2D eigenvalue weighted by Crippen LogP contribution is 2.35. The first kappa shape index (κ1) is 29.2. The molecule has 0 bridgehead atoms. The molecule has 0 radical (unpaired) electrons. The van der Waals surface area contributed by atoms with E-state index in [9.17, 15) is 9.59 Å². The average molecular weight is 610 g/mol. The quantitative estimate of drug-likeness (QED) is 0.200. The van der Waals surface area contributed by atoms with Gasteiger partial charge in [0.15, 0.2) is 0 Å². The number of nitrogens with zero attached hydrogens (tertiary/aromatic N) is 4. The predicted molar refractivity (Wildman–Crippen MR) is 181 cm³/mol. The molecular weight excluding hydrogens is 574 g/mol. The number of rotatable bonds is 8. The van der Waals surface area contributed by atoms with Crippen LogP contribution in [0.15, 0.2) is 109 Å². The molecule has 0 aliphatic carbocycles. The lowest BCUT2D eigenvalue weighted by atomic mass is 10.00. The molecule has 1 aromatic heterocycles. The first-order valence-corrected chi connectivity index (χ1v) is 15.5. The Kier molecular flexibility index (Phi) is 8.14. The van der Waals surface area contributed by atoms with Crippen molar-refractivity contribution in [3.05, 3.63) is 132 Å². The number of benzene rings is 4. The van der Waals surface area contributed by atoms with E-state index in [4.69, 9.17) is 0 Å². The van der Waals surface area contributed by atoms with Gasteiger partial charge in [0.25, 0.3) is 11.8 Å².